The van der Waals surface area contributed by atoms with E-state index in [1.54, 1.807) is 6.92 Å². The van der Waals surface area contributed by atoms with Crippen LogP contribution in [0.3, 0.4) is 0 Å². The molecule has 0 spiro atoms. The van der Waals surface area contributed by atoms with Gasteiger partial charge in [0.1, 0.15) is 17.0 Å². The molecule has 1 fully saturated rings. The Balaban J connectivity index is 2.39. The average molecular weight is 279 g/mol. The first-order chi connectivity index (χ1) is 9.40. The van der Waals surface area contributed by atoms with E-state index in [-0.39, 0.29) is 17.1 Å². The SMILES string of the molecule is CCC1(C(=O)O)CCCN1C(=O)c1cc(O)cc(O)c1. The van der Waals surface area contributed by atoms with E-state index in [2.05, 4.69) is 0 Å². The summed E-state index contributed by atoms with van der Waals surface area (Å²) in [5.74, 6) is -1.97. The van der Waals surface area contributed by atoms with E-state index in [1.807, 2.05) is 0 Å². The van der Waals surface area contributed by atoms with Crippen molar-refractivity contribution in [3.05, 3.63) is 23.8 Å². The van der Waals surface area contributed by atoms with Crippen LogP contribution < -0.4 is 0 Å². The molecule has 1 aliphatic rings. The smallest absolute Gasteiger partial charge is 0.329 e. The Hall–Kier alpha value is -2.24. The fourth-order valence-corrected chi connectivity index (χ4v) is 2.79. The van der Waals surface area contributed by atoms with E-state index in [9.17, 15) is 24.9 Å². The zero-order valence-electron chi connectivity index (χ0n) is 11.2. The summed E-state index contributed by atoms with van der Waals surface area (Å²) in [6, 6.07) is 3.57. The number of aromatic hydroxyl groups is 2. The molecule has 0 aliphatic carbocycles. The van der Waals surface area contributed by atoms with Gasteiger partial charge in [0.25, 0.3) is 5.91 Å². The van der Waals surface area contributed by atoms with E-state index < -0.39 is 17.4 Å². The number of carbonyl (C=O) groups is 2. The maximum atomic E-state index is 12.5. The van der Waals surface area contributed by atoms with Gasteiger partial charge in [-0.25, -0.2) is 4.79 Å². The Labute approximate surface area is 116 Å². The number of carbonyl (C=O) groups excluding carboxylic acids is 1. The van der Waals surface area contributed by atoms with Crippen LogP contribution >= 0.6 is 0 Å². The predicted octanol–water partition coefficient (Wildman–Crippen LogP) is 1.57. The average Bonchev–Trinajstić information content (AvgIpc) is 2.81. The highest BCUT2D eigenvalue weighted by molar-refractivity contribution is 5.99. The largest absolute Gasteiger partial charge is 0.508 e. The molecule has 1 atom stereocenters. The van der Waals surface area contributed by atoms with Gasteiger partial charge in [0.15, 0.2) is 0 Å². The number of hydrogen-bond acceptors (Lipinski definition) is 4. The first kappa shape index (κ1) is 14.2. The van der Waals surface area contributed by atoms with Crippen LogP contribution in [0.15, 0.2) is 18.2 Å². The molecule has 1 saturated heterocycles. The fraction of sp³-hybridized carbons (Fsp3) is 0.429. The number of aliphatic carboxylic acids is 1. The molecule has 1 amide bonds. The summed E-state index contributed by atoms with van der Waals surface area (Å²) >= 11 is 0. The molecule has 20 heavy (non-hydrogen) atoms. The molecule has 0 saturated carbocycles. The van der Waals surface area contributed by atoms with Crippen molar-refractivity contribution in [2.75, 3.05) is 6.54 Å². The van der Waals surface area contributed by atoms with Crippen LogP contribution in [0, 0.1) is 0 Å². The zero-order valence-corrected chi connectivity index (χ0v) is 11.2. The van der Waals surface area contributed by atoms with Crippen molar-refractivity contribution >= 4 is 11.9 Å². The molecular formula is C14H17NO5. The van der Waals surface area contributed by atoms with Crippen molar-refractivity contribution in [3.63, 3.8) is 0 Å². The normalized spacial score (nSPS) is 21.9. The molecule has 108 valence electrons. The van der Waals surface area contributed by atoms with Gasteiger partial charge in [-0.1, -0.05) is 6.92 Å². The second-order valence-corrected chi connectivity index (χ2v) is 4.99. The molecule has 2 rings (SSSR count). The van der Waals surface area contributed by atoms with E-state index >= 15 is 0 Å². The Morgan fingerprint density at radius 3 is 2.35 bits per heavy atom. The van der Waals surface area contributed by atoms with Crippen LogP contribution in [0.25, 0.3) is 0 Å². The number of nitrogens with zero attached hydrogens (tertiary/aromatic N) is 1. The quantitative estimate of drug-likeness (QED) is 0.780. The highest BCUT2D eigenvalue weighted by Crippen LogP contribution is 2.35. The summed E-state index contributed by atoms with van der Waals surface area (Å²) < 4.78 is 0. The van der Waals surface area contributed by atoms with Crippen molar-refractivity contribution in [1.29, 1.82) is 0 Å². The molecule has 3 N–H and O–H groups in total. The van der Waals surface area contributed by atoms with Crippen molar-refractivity contribution in [3.8, 4) is 11.5 Å². The van der Waals surface area contributed by atoms with Crippen molar-refractivity contribution in [2.24, 2.45) is 0 Å². The monoisotopic (exact) mass is 279 g/mol. The summed E-state index contributed by atoms with van der Waals surface area (Å²) in [5, 5.41) is 28.3. The van der Waals surface area contributed by atoms with Crippen LogP contribution in [-0.2, 0) is 4.79 Å². The van der Waals surface area contributed by atoms with Crippen LogP contribution in [0.1, 0.15) is 36.5 Å². The molecule has 6 heteroatoms. The Morgan fingerprint density at radius 2 is 1.85 bits per heavy atom. The van der Waals surface area contributed by atoms with Crippen molar-refractivity contribution < 1.29 is 24.9 Å². The summed E-state index contributed by atoms with van der Waals surface area (Å²) in [4.78, 5) is 25.3. The highest BCUT2D eigenvalue weighted by atomic mass is 16.4. The number of phenolic OH excluding ortho intramolecular Hbond substituents is 2. The van der Waals surface area contributed by atoms with E-state index in [1.165, 1.54) is 17.0 Å². The minimum atomic E-state index is -1.20. The number of benzene rings is 1. The summed E-state index contributed by atoms with van der Waals surface area (Å²) in [5.41, 5.74) is -1.11. The second kappa shape index (κ2) is 5.03. The molecule has 1 aliphatic heterocycles. The van der Waals surface area contributed by atoms with Gasteiger partial charge in [-0.15, -0.1) is 0 Å². The Morgan fingerprint density at radius 1 is 1.25 bits per heavy atom. The third-order valence-corrected chi connectivity index (χ3v) is 3.87. The summed E-state index contributed by atoms with van der Waals surface area (Å²) in [6.45, 7) is 2.09. The minimum absolute atomic E-state index is 0.0866. The van der Waals surface area contributed by atoms with Crippen LogP contribution in [0.5, 0.6) is 11.5 Å². The lowest BCUT2D eigenvalue weighted by Crippen LogP contribution is -2.52. The molecule has 1 aromatic carbocycles. The van der Waals surface area contributed by atoms with Gasteiger partial charge in [-0.2, -0.15) is 0 Å². The third-order valence-electron chi connectivity index (χ3n) is 3.87. The van der Waals surface area contributed by atoms with Gasteiger partial charge in [0.2, 0.25) is 0 Å². The first-order valence-electron chi connectivity index (χ1n) is 6.49. The molecular weight excluding hydrogens is 262 g/mol. The summed E-state index contributed by atoms with van der Waals surface area (Å²) in [7, 11) is 0. The molecule has 1 unspecified atom stereocenters. The van der Waals surface area contributed by atoms with Gasteiger partial charge >= 0.3 is 5.97 Å². The lowest BCUT2D eigenvalue weighted by molar-refractivity contribution is -0.148. The van der Waals surface area contributed by atoms with Gasteiger partial charge in [-0.05, 0) is 31.4 Å². The number of carboxylic acid groups (broad SMARTS) is 1. The molecule has 6 nitrogen and oxygen atoms in total. The predicted molar refractivity (Wildman–Crippen MR) is 70.7 cm³/mol. The van der Waals surface area contributed by atoms with E-state index in [4.69, 9.17) is 0 Å². The molecule has 1 aromatic rings. The minimum Gasteiger partial charge on any atom is -0.508 e. The maximum Gasteiger partial charge on any atom is 0.329 e. The Kier molecular flexibility index (Phi) is 3.57. The van der Waals surface area contributed by atoms with Gasteiger partial charge < -0.3 is 20.2 Å². The second-order valence-electron chi connectivity index (χ2n) is 4.99. The third kappa shape index (κ3) is 2.17. The van der Waals surface area contributed by atoms with Gasteiger partial charge in [-0.3, -0.25) is 4.79 Å². The topological polar surface area (TPSA) is 98.1 Å². The van der Waals surface area contributed by atoms with Crippen molar-refractivity contribution in [1.82, 2.24) is 4.90 Å². The number of rotatable bonds is 3. The van der Waals surface area contributed by atoms with Crippen molar-refractivity contribution in [2.45, 2.75) is 31.7 Å². The van der Waals surface area contributed by atoms with Gasteiger partial charge in [0, 0.05) is 18.2 Å². The first-order valence-corrected chi connectivity index (χ1v) is 6.49. The van der Waals surface area contributed by atoms with E-state index in [0.717, 1.165) is 6.07 Å². The standard InChI is InChI=1S/C14H17NO5/c1-2-14(13(19)20)4-3-5-15(14)12(18)9-6-10(16)8-11(17)7-9/h6-8,16-17H,2-5H2,1H3,(H,19,20). The highest BCUT2D eigenvalue weighted by Gasteiger charge is 2.48. The zero-order chi connectivity index (χ0) is 14.9. The number of phenols is 2. The number of amides is 1. The molecule has 0 bridgehead atoms. The summed E-state index contributed by atoms with van der Waals surface area (Å²) in [6.07, 6.45) is 1.35. The van der Waals surface area contributed by atoms with Gasteiger partial charge in [0.05, 0.1) is 0 Å². The number of hydrogen-bond donors (Lipinski definition) is 3. The lowest BCUT2D eigenvalue weighted by atomic mass is 9.92. The maximum absolute atomic E-state index is 12.5. The van der Waals surface area contributed by atoms with Crippen LogP contribution in [0.2, 0.25) is 0 Å². The van der Waals surface area contributed by atoms with Crippen LogP contribution in [-0.4, -0.2) is 44.2 Å². The fourth-order valence-electron chi connectivity index (χ4n) is 2.79. The molecule has 1 heterocycles. The molecule has 0 radical (unpaired) electrons. The number of likely N-dealkylation sites (tertiary alicyclic amines) is 1. The molecule has 0 aromatic heterocycles. The van der Waals surface area contributed by atoms with Crippen LogP contribution in [0.4, 0.5) is 0 Å². The Bertz CT molecular complexity index is 536. The van der Waals surface area contributed by atoms with E-state index in [0.29, 0.717) is 25.8 Å². The lowest BCUT2D eigenvalue weighted by Gasteiger charge is -2.34. The number of carboxylic acids is 1.